The predicted octanol–water partition coefficient (Wildman–Crippen LogP) is 3.40. The summed E-state index contributed by atoms with van der Waals surface area (Å²) in [5, 5.41) is 9.51. The first-order valence-corrected chi connectivity index (χ1v) is 5.31. The number of aromatic hydroxyl groups is 1. The van der Waals surface area contributed by atoms with Crippen LogP contribution in [0.3, 0.4) is 0 Å². The lowest BCUT2D eigenvalue weighted by Crippen LogP contribution is -1.88. The third-order valence-electron chi connectivity index (χ3n) is 2.20. The van der Waals surface area contributed by atoms with Crippen molar-refractivity contribution in [3.8, 4) is 16.9 Å². The van der Waals surface area contributed by atoms with E-state index in [4.69, 9.17) is 5.73 Å². The van der Waals surface area contributed by atoms with Crippen LogP contribution in [0.15, 0.2) is 46.9 Å². The Kier molecular flexibility index (Phi) is 2.64. The number of nitrogen functional groups attached to an aromatic ring is 1. The number of benzene rings is 2. The van der Waals surface area contributed by atoms with E-state index >= 15 is 0 Å². The maximum absolute atomic E-state index is 9.51. The summed E-state index contributed by atoms with van der Waals surface area (Å²) >= 11 is 3.26. The molecule has 2 nitrogen and oxygen atoms in total. The Morgan fingerprint density at radius 3 is 2.27 bits per heavy atom. The molecular weight excluding hydrogens is 254 g/mol. The molecule has 2 aromatic rings. The molecule has 0 bridgehead atoms. The van der Waals surface area contributed by atoms with Crippen LogP contribution in [0.5, 0.6) is 5.75 Å². The highest BCUT2D eigenvalue weighted by atomic mass is 79.9. The molecule has 0 saturated heterocycles. The molecule has 15 heavy (non-hydrogen) atoms. The molecule has 3 N–H and O–H groups in total. The molecule has 0 atom stereocenters. The van der Waals surface area contributed by atoms with E-state index < -0.39 is 0 Å². The van der Waals surface area contributed by atoms with E-state index in [0.717, 1.165) is 11.1 Å². The zero-order valence-corrected chi connectivity index (χ0v) is 9.53. The number of halogens is 1. The Hall–Kier alpha value is -1.48. The van der Waals surface area contributed by atoms with Gasteiger partial charge in [0.2, 0.25) is 0 Å². The van der Waals surface area contributed by atoms with Gasteiger partial charge in [0.15, 0.2) is 5.75 Å². The Morgan fingerprint density at radius 2 is 1.67 bits per heavy atom. The van der Waals surface area contributed by atoms with E-state index in [0.29, 0.717) is 10.2 Å². The van der Waals surface area contributed by atoms with Crippen LogP contribution in [0.1, 0.15) is 0 Å². The Morgan fingerprint density at radius 1 is 1.00 bits per heavy atom. The van der Waals surface area contributed by atoms with Crippen LogP contribution in [-0.2, 0) is 0 Å². The Bertz CT molecular complexity index is 459. The minimum absolute atomic E-state index is 0.0923. The molecule has 0 heterocycles. The summed E-state index contributed by atoms with van der Waals surface area (Å²) in [7, 11) is 0. The molecule has 0 fully saturated rings. The minimum Gasteiger partial charge on any atom is -0.505 e. The fourth-order valence-corrected chi connectivity index (χ4v) is 1.89. The molecule has 0 radical (unpaired) electrons. The lowest BCUT2D eigenvalue weighted by Gasteiger charge is -2.06. The van der Waals surface area contributed by atoms with Crippen molar-refractivity contribution in [2.45, 2.75) is 0 Å². The van der Waals surface area contributed by atoms with Crippen LogP contribution in [0.4, 0.5) is 5.69 Å². The highest BCUT2D eigenvalue weighted by Gasteiger charge is 2.06. The summed E-state index contributed by atoms with van der Waals surface area (Å²) in [6.07, 6.45) is 0. The normalized spacial score (nSPS) is 10.2. The highest BCUT2D eigenvalue weighted by molar-refractivity contribution is 9.10. The molecule has 0 aliphatic rings. The second-order valence-corrected chi connectivity index (χ2v) is 4.12. The second kappa shape index (κ2) is 3.95. The topological polar surface area (TPSA) is 46.2 Å². The van der Waals surface area contributed by atoms with Gasteiger partial charge in [0.1, 0.15) is 0 Å². The van der Waals surface area contributed by atoms with Crippen molar-refractivity contribution in [2.24, 2.45) is 0 Å². The molecule has 76 valence electrons. The molecule has 0 spiro atoms. The maximum atomic E-state index is 9.51. The van der Waals surface area contributed by atoms with Gasteiger partial charge < -0.3 is 10.8 Å². The van der Waals surface area contributed by atoms with Crippen molar-refractivity contribution < 1.29 is 5.11 Å². The van der Waals surface area contributed by atoms with Gasteiger partial charge in [0, 0.05) is 0 Å². The summed E-state index contributed by atoms with van der Waals surface area (Å²) in [5.41, 5.74) is 8.11. The van der Waals surface area contributed by atoms with Crippen LogP contribution in [-0.4, -0.2) is 5.11 Å². The van der Waals surface area contributed by atoms with Crippen molar-refractivity contribution in [2.75, 3.05) is 5.73 Å². The van der Waals surface area contributed by atoms with Gasteiger partial charge in [-0.25, -0.2) is 0 Å². The fourth-order valence-electron chi connectivity index (χ4n) is 1.42. The summed E-state index contributed by atoms with van der Waals surface area (Å²) in [4.78, 5) is 0. The van der Waals surface area contributed by atoms with Crippen molar-refractivity contribution in [1.82, 2.24) is 0 Å². The molecule has 2 rings (SSSR count). The monoisotopic (exact) mass is 263 g/mol. The third-order valence-corrected chi connectivity index (χ3v) is 2.80. The lowest BCUT2D eigenvalue weighted by molar-refractivity contribution is 0.474. The molecular formula is C12H10BrNO. The molecule has 0 aromatic heterocycles. The zero-order valence-electron chi connectivity index (χ0n) is 7.94. The molecule has 0 unspecified atom stereocenters. The van der Waals surface area contributed by atoms with Gasteiger partial charge >= 0.3 is 0 Å². The van der Waals surface area contributed by atoms with E-state index in [1.165, 1.54) is 0 Å². The van der Waals surface area contributed by atoms with Crippen LogP contribution in [0.2, 0.25) is 0 Å². The van der Waals surface area contributed by atoms with Crippen LogP contribution >= 0.6 is 15.9 Å². The van der Waals surface area contributed by atoms with Gasteiger partial charge in [-0.05, 0) is 39.2 Å². The number of phenolic OH excluding ortho intramolecular Hbond substituents is 1. The van der Waals surface area contributed by atoms with Gasteiger partial charge in [0.25, 0.3) is 0 Å². The first kappa shape index (κ1) is 10.1. The van der Waals surface area contributed by atoms with E-state index in [-0.39, 0.29) is 5.75 Å². The van der Waals surface area contributed by atoms with Crippen LogP contribution in [0, 0.1) is 0 Å². The van der Waals surface area contributed by atoms with Gasteiger partial charge in [0.05, 0.1) is 10.2 Å². The number of nitrogens with two attached hydrogens (primary N) is 1. The summed E-state index contributed by atoms with van der Waals surface area (Å²) in [6, 6.07) is 13.5. The molecule has 0 aliphatic carbocycles. The van der Waals surface area contributed by atoms with Gasteiger partial charge in [-0.1, -0.05) is 30.3 Å². The Balaban J connectivity index is 2.56. The molecule has 0 amide bonds. The van der Waals surface area contributed by atoms with E-state index in [1.807, 2.05) is 36.4 Å². The van der Waals surface area contributed by atoms with Crippen molar-refractivity contribution in [1.29, 1.82) is 0 Å². The predicted molar refractivity (Wildman–Crippen MR) is 65.7 cm³/mol. The molecule has 0 saturated carbocycles. The highest BCUT2D eigenvalue weighted by Crippen LogP contribution is 2.35. The summed E-state index contributed by atoms with van der Waals surface area (Å²) in [5.74, 6) is 0.0923. The maximum Gasteiger partial charge on any atom is 0.152 e. The third kappa shape index (κ3) is 1.97. The van der Waals surface area contributed by atoms with E-state index in [2.05, 4.69) is 15.9 Å². The fraction of sp³-hybridized carbons (Fsp3) is 0. The average molecular weight is 264 g/mol. The second-order valence-electron chi connectivity index (χ2n) is 3.26. The number of hydrogen-bond acceptors (Lipinski definition) is 2. The number of rotatable bonds is 1. The van der Waals surface area contributed by atoms with Gasteiger partial charge in [-0.15, -0.1) is 0 Å². The standard InChI is InChI=1S/C12H10BrNO/c13-10-6-9(7-11(14)12(10)15)8-4-2-1-3-5-8/h1-7,15H,14H2. The number of phenols is 1. The summed E-state index contributed by atoms with van der Waals surface area (Å²) in [6.45, 7) is 0. The van der Waals surface area contributed by atoms with Gasteiger partial charge in [-0.3, -0.25) is 0 Å². The molecule has 0 aliphatic heterocycles. The van der Waals surface area contributed by atoms with Crippen molar-refractivity contribution >= 4 is 21.6 Å². The smallest absolute Gasteiger partial charge is 0.152 e. The van der Waals surface area contributed by atoms with Gasteiger partial charge in [-0.2, -0.15) is 0 Å². The minimum atomic E-state index is 0.0923. The number of hydrogen-bond donors (Lipinski definition) is 2. The Labute approximate surface area is 96.5 Å². The SMILES string of the molecule is Nc1cc(-c2ccccc2)cc(Br)c1O. The van der Waals surface area contributed by atoms with E-state index in [1.54, 1.807) is 6.07 Å². The largest absolute Gasteiger partial charge is 0.505 e. The molecule has 2 aromatic carbocycles. The van der Waals surface area contributed by atoms with Crippen molar-refractivity contribution in [3.05, 3.63) is 46.9 Å². The van der Waals surface area contributed by atoms with E-state index in [9.17, 15) is 5.11 Å². The van der Waals surface area contributed by atoms with Crippen LogP contribution in [0.25, 0.3) is 11.1 Å². The average Bonchev–Trinajstić information content (AvgIpc) is 2.26. The number of anilines is 1. The molecule has 3 heteroatoms. The quantitative estimate of drug-likeness (QED) is 0.612. The first-order valence-electron chi connectivity index (χ1n) is 4.52. The lowest BCUT2D eigenvalue weighted by atomic mass is 10.1. The summed E-state index contributed by atoms with van der Waals surface area (Å²) < 4.78 is 0.612. The zero-order chi connectivity index (χ0) is 10.8. The first-order chi connectivity index (χ1) is 7.18. The van der Waals surface area contributed by atoms with Crippen LogP contribution < -0.4 is 5.73 Å². The van der Waals surface area contributed by atoms with Crippen molar-refractivity contribution in [3.63, 3.8) is 0 Å².